The van der Waals surface area contributed by atoms with Crippen molar-refractivity contribution < 1.29 is 19.1 Å². The summed E-state index contributed by atoms with van der Waals surface area (Å²) in [5, 5.41) is 3.39. The Bertz CT molecular complexity index is 694. The van der Waals surface area contributed by atoms with Crippen LogP contribution in [0.2, 0.25) is 5.02 Å². The van der Waals surface area contributed by atoms with Crippen LogP contribution in [-0.2, 0) is 19.1 Å². The molecule has 0 bridgehead atoms. The van der Waals surface area contributed by atoms with Gasteiger partial charge in [0.25, 0.3) is 0 Å². The molecule has 0 aromatic heterocycles. The molecule has 1 heterocycles. The lowest BCUT2D eigenvalue weighted by atomic mass is 9.82. The van der Waals surface area contributed by atoms with E-state index in [4.69, 9.17) is 21.1 Å². The van der Waals surface area contributed by atoms with E-state index in [9.17, 15) is 9.59 Å². The van der Waals surface area contributed by atoms with Gasteiger partial charge in [-0.1, -0.05) is 29.8 Å². The van der Waals surface area contributed by atoms with E-state index >= 15 is 0 Å². The van der Waals surface area contributed by atoms with Crippen LogP contribution in [0.4, 0.5) is 0 Å². The summed E-state index contributed by atoms with van der Waals surface area (Å²) in [7, 11) is 1.30. The lowest BCUT2D eigenvalue weighted by Crippen LogP contribution is -2.29. The summed E-state index contributed by atoms with van der Waals surface area (Å²) in [5.41, 5.74) is 1.90. The van der Waals surface area contributed by atoms with E-state index in [1.54, 1.807) is 44.3 Å². The van der Waals surface area contributed by atoms with E-state index < -0.39 is 17.9 Å². The quantitative estimate of drug-likeness (QED) is 0.857. The highest BCUT2D eigenvalue weighted by Gasteiger charge is 2.36. The molecule has 0 saturated heterocycles. The highest BCUT2D eigenvalue weighted by atomic mass is 35.5. The number of carbonyl (C=O) groups is 2. The molecule has 0 amide bonds. The second kappa shape index (κ2) is 7.33. The molecule has 6 heteroatoms. The number of benzene rings is 1. The maximum atomic E-state index is 12.3. The molecule has 0 radical (unpaired) electrons. The molecule has 122 valence electrons. The first-order valence-corrected chi connectivity index (χ1v) is 7.56. The summed E-state index contributed by atoms with van der Waals surface area (Å²) in [6.45, 7) is 3.71. The summed E-state index contributed by atoms with van der Waals surface area (Å²) in [6.07, 6.45) is 1.55. The van der Waals surface area contributed by atoms with Crippen molar-refractivity contribution in [1.29, 1.82) is 0 Å². The van der Waals surface area contributed by atoms with Crippen LogP contribution in [0.5, 0.6) is 0 Å². The summed E-state index contributed by atoms with van der Waals surface area (Å²) in [5.74, 6) is -1.66. The zero-order chi connectivity index (χ0) is 17.0. The fourth-order valence-corrected chi connectivity index (χ4v) is 2.77. The Morgan fingerprint density at radius 3 is 2.57 bits per heavy atom. The maximum absolute atomic E-state index is 12.3. The molecule has 1 aromatic rings. The highest BCUT2D eigenvalue weighted by Crippen LogP contribution is 2.39. The van der Waals surface area contributed by atoms with Crippen molar-refractivity contribution in [2.75, 3.05) is 13.7 Å². The third-order valence-corrected chi connectivity index (χ3v) is 3.92. The topological polar surface area (TPSA) is 64.6 Å². The first-order valence-electron chi connectivity index (χ1n) is 7.18. The predicted octanol–water partition coefficient (Wildman–Crippen LogP) is 2.92. The number of rotatable bonds is 4. The zero-order valence-corrected chi connectivity index (χ0v) is 13.9. The van der Waals surface area contributed by atoms with Crippen LogP contribution in [-0.4, -0.2) is 25.7 Å². The summed E-state index contributed by atoms with van der Waals surface area (Å²) < 4.78 is 9.99. The Labute approximate surface area is 139 Å². The molecular formula is C17H18ClNO4. The number of halogens is 1. The van der Waals surface area contributed by atoms with Crippen LogP contribution in [0.15, 0.2) is 47.3 Å². The van der Waals surface area contributed by atoms with Gasteiger partial charge in [0.05, 0.1) is 30.8 Å². The Morgan fingerprint density at radius 2 is 1.96 bits per heavy atom. The number of esters is 2. The first-order chi connectivity index (χ1) is 11.0. The second-order valence-corrected chi connectivity index (χ2v) is 5.36. The molecule has 1 atom stereocenters. The van der Waals surface area contributed by atoms with E-state index in [2.05, 4.69) is 5.32 Å². The molecule has 1 aliphatic rings. The average Bonchev–Trinajstić information content (AvgIpc) is 2.54. The predicted molar refractivity (Wildman–Crippen MR) is 86.8 cm³/mol. The Kier molecular flexibility index (Phi) is 5.45. The smallest absolute Gasteiger partial charge is 0.336 e. The van der Waals surface area contributed by atoms with Crippen LogP contribution in [0.25, 0.3) is 0 Å². The number of carbonyl (C=O) groups excluding carboxylic acids is 2. The number of hydrogen-bond acceptors (Lipinski definition) is 5. The number of hydrogen-bond donors (Lipinski definition) is 1. The van der Waals surface area contributed by atoms with Gasteiger partial charge in [0.1, 0.15) is 0 Å². The van der Waals surface area contributed by atoms with Crippen LogP contribution < -0.4 is 5.32 Å². The minimum absolute atomic E-state index is 0.238. The first kappa shape index (κ1) is 17.1. The standard InChI is InChI=1S/C17H18ClNO4/c1-4-23-16(20)12-9-19-10(2)14(17(21)22-3)15(12)11-7-5-6-8-13(11)18/h5-9,15,19H,4H2,1-3H3. The summed E-state index contributed by atoms with van der Waals surface area (Å²) in [6, 6.07) is 7.08. The van der Waals surface area contributed by atoms with Crippen molar-refractivity contribution in [2.45, 2.75) is 19.8 Å². The number of methoxy groups -OCH3 is 1. The molecule has 1 N–H and O–H groups in total. The fraction of sp³-hybridized carbons (Fsp3) is 0.294. The Hall–Kier alpha value is -2.27. The molecule has 0 fully saturated rings. The van der Waals surface area contributed by atoms with Gasteiger partial charge in [-0.05, 0) is 25.5 Å². The van der Waals surface area contributed by atoms with Gasteiger partial charge in [-0.2, -0.15) is 0 Å². The van der Waals surface area contributed by atoms with E-state index in [-0.39, 0.29) is 6.61 Å². The highest BCUT2D eigenvalue weighted by molar-refractivity contribution is 6.31. The molecule has 1 unspecified atom stereocenters. The van der Waals surface area contributed by atoms with Crippen molar-refractivity contribution >= 4 is 23.5 Å². The molecule has 0 saturated carbocycles. The van der Waals surface area contributed by atoms with E-state index in [1.807, 2.05) is 0 Å². The van der Waals surface area contributed by atoms with Gasteiger partial charge in [-0.25, -0.2) is 9.59 Å². The number of ether oxygens (including phenoxy) is 2. The molecule has 1 aromatic carbocycles. The summed E-state index contributed by atoms with van der Waals surface area (Å²) in [4.78, 5) is 24.6. The fourth-order valence-electron chi connectivity index (χ4n) is 2.52. The van der Waals surface area contributed by atoms with Crippen molar-refractivity contribution in [3.8, 4) is 0 Å². The number of allylic oxidation sites excluding steroid dienone is 1. The second-order valence-electron chi connectivity index (χ2n) is 4.95. The molecule has 5 nitrogen and oxygen atoms in total. The van der Waals surface area contributed by atoms with E-state index in [0.717, 1.165) is 0 Å². The Balaban J connectivity index is 2.60. The molecular weight excluding hydrogens is 318 g/mol. The third-order valence-electron chi connectivity index (χ3n) is 3.58. The summed E-state index contributed by atoms with van der Waals surface area (Å²) >= 11 is 6.29. The van der Waals surface area contributed by atoms with E-state index in [0.29, 0.717) is 27.4 Å². The molecule has 0 aliphatic carbocycles. The lowest BCUT2D eigenvalue weighted by Gasteiger charge is -2.27. The van der Waals surface area contributed by atoms with Crippen molar-refractivity contribution in [3.05, 3.63) is 57.9 Å². The molecule has 0 spiro atoms. The molecule has 1 aliphatic heterocycles. The average molecular weight is 336 g/mol. The van der Waals surface area contributed by atoms with Gasteiger partial charge < -0.3 is 14.8 Å². The van der Waals surface area contributed by atoms with Crippen molar-refractivity contribution in [3.63, 3.8) is 0 Å². The molecule has 23 heavy (non-hydrogen) atoms. The van der Waals surface area contributed by atoms with Crippen molar-refractivity contribution in [1.82, 2.24) is 5.32 Å². The Morgan fingerprint density at radius 1 is 1.26 bits per heavy atom. The minimum Gasteiger partial charge on any atom is -0.466 e. The normalized spacial score (nSPS) is 17.2. The van der Waals surface area contributed by atoms with E-state index in [1.165, 1.54) is 7.11 Å². The van der Waals surface area contributed by atoms with Crippen LogP contribution >= 0.6 is 11.6 Å². The number of nitrogens with one attached hydrogen (secondary N) is 1. The lowest BCUT2D eigenvalue weighted by molar-refractivity contribution is -0.139. The van der Waals surface area contributed by atoms with Crippen LogP contribution in [0, 0.1) is 0 Å². The SMILES string of the molecule is CCOC(=O)C1=CNC(C)=C(C(=O)OC)C1c1ccccc1Cl. The van der Waals surface area contributed by atoms with Gasteiger partial charge in [0.15, 0.2) is 0 Å². The van der Waals surface area contributed by atoms with Gasteiger partial charge in [-0.15, -0.1) is 0 Å². The maximum Gasteiger partial charge on any atom is 0.336 e. The third kappa shape index (κ3) is 3.40. The number of dihydropyridines is 1. The minimum atomic E-state index is -0.642. The largest absolute Gasteiger partial charge is 0.466 e. The van der Waals surface area contributed by atoms with Gasteiger partial charge in [-0.3, -0.25) is 0 Å². The zero-order valence-electron chi connectivity index (χ0n) is 13.2. The van der Waals surface area contributed by atoms with Gasteiger partial charge >= 0.3 is 11.9 Å². The van der Waals surface area contributed by atoms with Crippen LogP contribution in [0.1, 0.15) is 25.3 Å². The van der Waals surface area contributed by atoms with Crippen LogP contribution in [0.3, 0.4) is 0 Å². The van der Waals surface area contributed by atoms with Gasteiger partial charge in [0.2, 0.25) is 0 Å². The monoisotopic (exact) mass is 335 g/mol. The molecule has 2 rings (SSSR count). The van der Waals surface area contributed by atoms with Crippen molar-refractivity contribution in [2.24, 2.45) is 0 Å². The van der Waals surface area contributed by atoms with Gasteiger partial charge in [0, 0.05) is 16.9 Å².